The Morgan fingerprint density at radius 2 is 1.75 bits per heavy atom. The SMILES string of the molecule is CN(Cc1cscn1)C(=O)c1ccccc1N(C)c1ccccc1. The number of thiazole rings is 1. The molecule has 0 unspecified atom stereocenters. The summed E-state index contributed by atoms with van der Waals surface area (Å²) in [5, 5.41) is 1.96. The highest BCUT2D eigenvalue weighted by atomic mass is 32.1. The quantitative estimate of drug-likeness (QED) is 0.701. The van der Waals surface area contributed by atoms with Gasteiger partial charge in [0, 0.05) is 25.2 Å². The number of carbonyl (C=O) groups is 1. The molecule has 0 saturated carbocycles. The summed E-state index contributed by atoms with van der Waals surface area (Å²) in [4.78, 5) is 20.9. The average molecular weight is 337 g/mol. The van der Waals surface area contributed by atoms with Gasteiger partial charge in [0.2, 0.25) is 0 Å². The lowest BCUT2D eigenvalue weighted by molar-refractivity contribution is 0.0784. The summed E-state index contributed by atoms with van der Waals surface area (Å²) in [6.07, 6.45) is 0. The van der Waals surface area contributed by atoms with E-state index >= 15 is 0 Å². The Hall–Kier alpha value is -2.66. The Morgan fingerprint density at radius 1 is 1.04 bits per heavy atom. The highest BCUT2D eigenvalue weighted by Crippen LogP contribution is 2.27. The van der Waals surface area contributed by atoms with Gasteiger partial charge in [-0.1, -0.05) is 30.3 Å². The number of anilines is 2. The Labute approximate surface area is 146 Å². The number of carbonyl (C=O) groups excluding carboxylic acids is 1. The number of benzene rings is 2. The minimum atomic E-state index is -0.0126. The normalized spacial score (nSPS) is 10.4. The monoisotopic (exact) mass is 337 g/mol. The van der Waals surface area contributed by atoms with Crippen molar-refractivity contribution in [3.8, 4) is 0 Å². The highest BCUT2D eigenvalue weighted by Gasteiger charge is 2.18. The average Bonchev–Trinajstić information content (AvgIpc) is 3.14. The predicted molar refractivity (Wildman–Crippen MR) is 98.9 cm³/mol. The van der Waals surface area contributed by atoms with E-state index in [1.807, 2.05) is 71.9 Å². The van der Waals surface area contributed by atoms with Crippen LogP contribution in [0.25, 0.3) is 0 Å². The van der Waals surface area contributed by atoms with Crippen LogP contribution in [0.1, 0.15) is 16.1 Å². The van der Waals surface area contributed by atoms with Crippen molar-refractivity contribution in [1.29, 1.82) is 0 Å². The van der Waals surface area contributed by atoms with Crippen LogP contribution >= 0.6 is 11.3 Å². The standard InChI is InChI=1S/C19H19N3OS/c1-21(12-15-13-24-14-20-15)19(23)17-10-6-7-11-18(17)22(2)16-8-4-3-5-9-16/h3-11,13-14H,12H2,1-2H3. The van der Waals surface area contributed by atoms with Gasteiger partial charge in [0.25, 0.3) is 5.91 Å². The molecule has 0 spiro atoms. The fraction of sp³-hybridized carbons (Fsp3) is 0.158. The third-order valence-electron chi connectivity index (χ3n) is 3.87. The first-order chi connectivity index (χ1) is 11.7. The Morgan fingerprint density at radius 3 is 2.46 bits per heavy atom. The molecule has 1 aromatic heterocycles. The molecule has 2 aromatic carbocycles. The van der Waals surface area contributed by atoms with Crippen molar-refractivity contribution < 1.29 is 4.79 Å². The Bertz CT molecular complexity index is 802. The number of para-hydroxylation sites is 2. The van der Waals surface area contributed by atoms with Gasteiger partial charge in [-0.2, -0.15) is 0 Å². The molecule has 3 rings (SSSR count). The second-order valence-corrected chi connectivity index (χ2v) is 6.27. The van der Waals surface area contributed by atoms with Crippen LogP contribution in [-0.2, 0) is 6.54 Å². The second-order valence-electron chi connectivity index (χ2n) is 5.55. The van der Waals surface area contributed by atoms with E-state index in [0.29, 0.717) is 12.1 Å². The van der Waals surface area contributed by atoms with Crippen LogP contribution in [0.2, 0.25) is 0 Å². The lowest BCUT2D eigenvalue weighted by Gasteiger charge is -2.24. The molecule has 0 aliphatic heterocycles. The van der Waals surface area contributed by atoms with Crippen LogP contribution in [0.15, 0.2) is 65.5 Å². The Kier molecular flexibility index (Phi) is 4.91. The molecular formula is C19H19N3OS. The lowest BCUT2D eigenvalue weighted by atomic mass is 10.1. The maximum Gasteiger partial charge on any atom is 0.256 e. The van der Waals surface area contributed by atoms with Crippen LogP contribution in [0.4, 0.5) is 11.4 Å². The van der Waals surface area contributed by atoms with Crippen LogP contribution in [0, 0.1) is 0 Å². The first-order valence-corrected chi connectivity index (χ1v) is 8.61. The molecule has 0 bridgehead atoms. The molecule has 0 aliphatic carbocycles. The zero-order chi connectivity index (χ0) is 16.9. The van der Waals surface area contributed by atoms with Crippen molar-refractivity contribution in [2.45, 2.75) is 6.54 Å². The zero-order valence-corrected chi connectivity index (χ0v) is 14.5. The van der Waals surface area contributed by atoms with Crippen molar-refractivity contribution in [2.75, 3.05) is 19.0 Å². The topological polar surface area (TPSA) is 36.4 Å². The van der Waals surface area contributed by atoms with Crippen LogP contribution < -0.4 is 4.90 Å². The number of aromatic nitrogens is 1. The van der Waals surface area contributed by atoms with Gasteiger partial charge < -0.3 is 9.80 Å². The summed E-state index contributed by atoms with van der Waals surface area (Å²) >= 11 is 1.54. The van der Waals surface area contributed by atoms with E-state index in [1.54, 1.807) is 17.5 Å². The fourth-order valence-corrected chi connectivity index (χ4v) is 3.12. The molecule has 24 heavy (non-hydrogen) atoms. The molecule has 4 nitrogen and oxygen atoms in total. The minimum Gasteiger partial charge on any atom is -0.344 e. The number of hydrogen-bond acceptors (Lipinski definition) is 4. The van der Waals surface area contributed by atoms with Gasteiger partial charge in [-0.3, -0.25) is 4.79 Å². The van der Waals surface area contributed by atoms with Gasteiger partial charge >= 0.3 is 0 Å². The van der Waals surface area contributed by atoms with Crippen LogP contribution in [-0.4, -0.2) is 29.9 Å². The molecule has 1 amide bonds. The van der Waals surface area contributed by atoms with Crippen LogP contribution in [0.3, 0.4) is 0 Å². The summed E-state index contributed by atoms with van der Waals surface area (Å²) in [5.74, 6) is -0.0126. The van der Waals surface area contributed by atoms with E-state index < -0.39 is 0 Å². The maximum absolute atomic E-state index is 12.9. The first kappa shape index (κ1) is 16.2. The van der Waals surface area contributed by atoms with Gasteiger partial charge in [-0.15, -0.1) is 11.3 Å². The number of rotatable bonds is 5. The number of nitrogens with zero attached hydrogens (tertiary/aromatic N) is 3. The van der Waals surface area contributed by atoms with E-state index in [4.69, 9.17) is 0 Å². The van der Waals surface area contributed by atoms with Gasteiger partial charge in [0.05, 0.1) is 29.0 Å². The number of hydrogen-bond donors (Lipinski definition) is 0. The molecule has 0 atom stereocenters. The fourth-order valence-electron chi connectivity index (χ4n) is 2.57. The molecule has 0 aliphatic rings. The number of amides is 1. The largest absolute Gasteiger partial charge is 0.344 e. The Balaban J connectivity index is 1.87. The van der Waals surface area contributed by atoms with Gasteiger partial charge in [0.15, 0.2) is 0 Å². The molecule has 0 N–H and O–H groups in total. The van der Waals surface area contributed by atoms with Gasteiger partial charge in [0.1, 0.15) is 0 Å². The molecule has 0 saturated heterocycles. The molecule has 1 heterocycles. The van der Waals surface area contributed by atoms with E-state index in [1.165, 1.54) is 11.3 Å². The highest BCUT2D eigenvalue weighted by molar-refractivity contribution is 7.07. The molecule has 0 fully saturated rings. The van der Waals surface area contributed by atoms with E-state index in [2.05, 4.69) is 4.98 Å². The van der Waals surface area contributed by atoms with Crippen molar-refractivity contribution in [1.82, 2.24) is 9.88 Å². The van der Waals surface area contributed by atoms with Crippen molar-refractivity contribution in [3.63, 3.8) is 0 Å². The zero-order valence-electron chi connectivity index (χ0n) is 13.7. The molecule has 5 heteroatoms. The predicted octanol–water partition coefficient (Wildman–Crippen LogP) is 4.18. The second kappa shape index (κ2) is 7.27. The summed E-state index contributed by atoms with van der Waals surface area (Å²) in [7, 11) is 3.78. The molecule has 3 aromatic rings. The van der Waals surface area contributed by atoms with Gasteiger partial charge in [-0.05, 0) is 24.3 Å². The van der Waals surface area contributed by atoms with E-state index in [-0.39, 0.29) is 5.91 Å². The lowest BCUT2D eigenvalue weighted by Crippen LogP contribution is -2.28. The van der Waals surface area contributed by atoms with Gasteiger partial charge in [-0.25, -0.2) is 4.98 Å². The third kappa shape index (κ3) is 3.46. The third-order valence-corrected chi connectivity index (χ3v) is 4.50. The summed E-state index contributed by atoms with van der Waals surface area (Å²) in [5.41, 5.74) is 5.30. The van der Waals surface area contributed by atoms with Crippen LogP contribution in [0.5, 0.6) is 0 Å². The van der Waals surface area contributed by atoms with Crippen molar-refractivity contribution in [2.24, 2.45) is 0 Å². The van der Waals surface area contributed by atoms with E-state index in [0.717, 1.165) is 17.1 Å². The molecular weight excluding hydrogens is 318 g/mol. The maximum atomic E-state index is 12.9. The van der Waals surface area contributed by atoms with Crippen molar-refractivity contribution >= 4 is 28.6 Å². The summed E-state index contributed by atoms with van der Waals surface area (Å²) in [6, 6.07) is 17.7. The summed E-state index contributed by atoms with van der Waals surface area (Å²) in [6.45, 7) is 0.506. The molecule has 122 valence electrons. The smallest absolute Gasteiger partial charge is 0.256 e. The van der Waals surface area contributed by atoms with Crippen molar-refractivity contribution in [3.05, 3.63) is 76.7 Å². The summed E-state index contributed by atoms with van der Waals surface area (Å²) < 4.78 is 0. The van der Waals surface area contributed by atoms with E-state index in [9.17, 15) is 4.79 Å². The first-order valence-electron chi connectivity index (χ1n) is 7.67. The molecule has 0 radical (unpaired) electrons. The minimum absolute atomic E-state index is 0.0126.